The third kappa shape index (κ3) is 5.56. The molecule has 194 valence electrons. The van der Waals surface area contributed by atoms with Crippen LogP contribution in [0.3, 0.4) is 0 Å². The summed E-state index contributed by atoms with van der Waals surface area (Å²) in [6, 6.07) is 11.4. The van der Waals surface area contributed by atoms with Crippen molar-refractivity contribution in [3.63, 3.8) is 0 Å². The van der Waals surface area contributed by atoms with E-state index in [-0.39, 0.29) is 33.9 Å². The van der Waals surface area contributed by atoms with Gasteiger partial charge in [-0.2, -0.15) is 4.37 Å². The van der Waals surface area contributed by atoms with Gasteiger partial charge in [-0.1, -0.05) is 25.0 Å². The number of nitrogens with two attached hydrogens (primary N) is 2. The van der Waals surface area contributed by atoms with Crippen LogP contribution in [0.2, 0.25) is 0 Å². The van der Waals surface area contributed by atoms with E-state index in [4.69, 9.17) is 11.5 Å². The fraction of sp³-hybridized carbons (Fsp3) is 0.308. The molecule has 1 atom stereocenters. The van der Waals surface area contributed by atoms with Crippen LogP contribution in [-0.2, 0) is 4.79 Å². The van der Waals surface area contributed by atoms with E-state index in [9.17, 15) is 18.8 Å². The average Bonchev–Trinajstić information content (AvgIpc) is 3.52. The molecule has 1 aliphatic carbocycles. The molecule has 3 amide bonds. The maximum Gasteiger partial charge on any atom is 0.273 e. The van der Waals surface area contributed by atoms with E-state index in [0.717, 1.165) is 42.9 Å². The van der Waals surface area contributed by atoms with E-state index < -0.39 is 23.7 Å². The van der Waals surface area contributed by atoms with Gasteiger partial charge in [0.25, 0.3) is 11.8 Å². The molecule has 0 aliphatic heterocycles. The summed E-state index contributed by atoms with van der Waals surface area (Å²) in [7, 11) is 3.80. The van der Waals surface area contributed by atoms with Crippen molar-refractivity contribution in [1.82, 2.24) is 9.69 Å². The standard InChI is InChI=1S/C26H29FN6O3S/c1-32(2)18-11-7-15(8-12-18)22(25(35)30-17-5-3-4-6-17)33(19-13-9-16(27)10-14-19)26(36)23-20(28)21(24(29)34)31-37-23/h7-14,17,22H,3-6,28H2,1-2H3,(H2,29,34)(H,30,35)/t22-/m1/s1. The van der Waals surface area contributed by atoms with Crippen LogP contribution in [0.4, 0.5) is 21.5 Å². The van der Waals surface area contributed by atoms with Crippen molar-refractivity contribution < 1.29 is 18.8 Å². The number of hydrogen-bond acceptors (Lipinski definition) is 7. The van der Waals surface area contributed by atoms with Crippen molar-refractivity contribution in [3.8, 4) is 0 Å². The summed E-state index contributed by atoms with van der Waals surface area (Å²) in [6.07, 6.45) is 3.74. The minimum Gasteiger partial charge on any atom is -0.395 e. The van der Waals surface area contributed by atoms with Crippen molar-refractivity contribution in [2.45, 2.75) is 37.8 Å². The summed E-state index contributed by atoms with van der Waals surface area (Å²) in [5.74, 6) is -2.39. The number of aromatic nitrogens is 1. The molecule has 9 nitrogen and oxygen atoms in total. The van der Waals surface area contributed by atoms with E-state index in [2.05, 4.69) is 9.69 Å². The van der Waals surface area contributed by atoms with Crippen molar-refractivity contribution in [1.29, 1.82) is 0 Å². The first-order chi connectivity index (χ1) is 17.7. The van der Waals surface area contributed by atoms with Gasteiger partial charge in [-0.25, -0.2) is 4.39 Å². The van der Waals surface area contributed by atoms with E-state index in [1.54, 1.807) is 12.1 Å². The molecule has 0 radical (unpaired) electrons. The van der Waals surface area contributed by atoms with Crippen LogP contribution in [0, 0.1) is 5.82 Å². The van der Waals surface area contributed by atoms with Crippen molar-refractivity contribution in [2.75, 3.05) is 29.6 Å². The van der Waals surface area contributed by atoms with Crippen LogP contribution in [0.1, 0.15) is 57.4 Å². The third-order valence-corrected chi connectivity index (χ3v) is 7.26. The molecule has 2 aromatic carbocycles. The van der Waals surface area contributed by atoms with Gasteiger partial charge in [0.05, 0.1) is 5.69 Å². The lowest BCUT2D eigenvalue weighted by Gasteiger charge is -2.32. The molecule has 5 N–H and O–H groups in total. The monoisotopic (exact) mass is 524 g/mol. The minimum absolute atomic E-state index is 0.00356. The van der Waals surface area contributed by atoms with Crippen LogP contribution >= 0.6 is 11.5 Å². The van der Waals surface area contributed by atoms with Gasteiger partial charge >= 0.3 is 0 Å². The van der Waals surface area contributed by atoms with Gasteiger partial charge < -0.3 is 21.7 Å². The largest absolute Gasteiger partial charge is 0.395 e. The number of primary amides is 1. The number of anilines is 3. The Morgan fingerprint density at radius 2 is 1.62 bits per heavy atom. The van der Waals surface area contributed by atoms with Gasteiger partial charge in [-0.05, 0) is 66.3 Å². The third-order valence-electron chi connectivity index (χ3n) is 6.41. The van der Waals surface area contributed by atoms with Gasteiger partial charge in [0.1, 0.15) is 16.7 Å². The minimum atomic E-state index is -1.10. The van der Waals surface area contributed by atoms with E-state index in [1.165, 1.54) is 29.2 Å². The number of halogens is 1. The second-order valence-electron chi connectivity index (χ2n) is 9.17. The zero-order valence-electron chi connectivity index (χ0n) is 20.6. The highest BCUT2D eigenvalue weighted by atomic mass is 32.1. The maximum absolute atomic E-state index is 14.0. The number of benzene rings is 2. The molecular formula is C26H29FN6O3S. The number of rotatable bonds is 8. The van der Waals surface area contributed by atoms with Crippen molar-refractivity contribution in [3.05, 3.63) is 70.5 Å². The van der Waals surface area contributed by atoms with Crippen molar-refractivity contribution >= 4 is 46.3 Å². The van der Waals surface area contributed by atoms with Crippen LogP contribution in [0.5, 0.6) is 0 Å². The normalized spacial score (nSPS) is 14.2. The molecule has 3 aromatic rings. The van der Waals surface area contributed by atoms with Gasteiger partial charge in [0.15, 0.2) is 5.69 Å². The van der Waals surface area contributed by atoms with Gasteiger partial charge in [0.2, 0.25) is 5.91 Å². The summed E-state index contributed by atoms with van der Waals surface area (Å²) in [6.45, 7) is 0. The second-order valence-corrected chi connectivity index (χ2v) is 9.94. The lowest BCUT2D eigenvalue weighted by Crippen LogP contribution is -2.46. The number of carbonyl (C=O) groups excluding carboxylic acids is 3. The zero-order chi connectivity index (χ0) is 26.7. The lowest BCUT2D eigenvalue weighted by atomic mass is 10.0. The first kappa shape index (κ1) is 26.1. The molecule has 1 aromatic heterocycles. The first-order valence-corrected chi connectivity index (χ1v) is 12.7. The summed E-state index contributed by atoms with van der Waals surface area (Å²) in [5, 5.41) is 3.09. The number of amides is 3. The van der Waals surface area contributed by atoms with E-state index >= 15 is 0 Å². The Labute approximate surface area is 218 Å². The smallest absolute Gasteiger partial charge is 0.273 e. The predicted molar refractivity (Wildman–Crippen MR) is 142 cm³/mol. The Balaban J connectivity index is 1.85. The Hall–Kier alpha value is -3.99. The Kier molecular flexibility index (Phi) is 7.72. The fourth-order valence-electron chi connectivity index (χ4n) is 4.45. The van der Waals surface area contributed by atoms with E-state index in [0.29, 0.717) is 5.56 Å². The highest BCUT2D eigenvalue weighted by Gasteiger charge is 2.37. The Bertz CT molecular complexity index is 1290. The molecule has 1 saturated carbocycles. The van der Waals surface area contributed by atoms with Gasteiger partial charge in [-0.3, -0.25) is 19.3 Å². The quantitative estimate of drug-likeness (QED) is 0.413. The number of nitrogen functional groups attached to an aromatic ring is 1. The summed E-state index contributed by atoms with van der Waals surface area (Å²) in [4.78, 5) is 42.7. The maximum atomic E-state index is 14.0. The highest BCUT2D eigenvalue weighted by molar-refractivity contribution is 7.09. The fourth-order valence-corrected chi connectivity index (χ4v) is 5.19. The topological polar surface area (TPSA) is 135 Å². The number of nitrogens with zero attached hydrogens (tertiary/aromatic N) is 3. The SMILES string of the molecule is CN(C)c1ccc([C@H](C(=O)NC2CCCC2)N(C(=O)c2snc(C(N)=O)c2N)c2ccc(F)cc2)cc1. The molecule has 0 saturated heterocycles. The summed E-state index contributed by atoms with van der Waals surface area (Å²) in [5.41, 5.74) is 12.8. The van der Waals surface area contributed by atoms with E-state index in [1.807, 2.05) is 31.1 Å². The van der Waals surface area contributed by atoms with Crippen LogP contribution in [-0.4, -0.2) is 42.2 Å². The molecule has 1 heterocycles. The Morgan fingerprint density at radius 3 is 2.16 bits per heavy atom. The molecule has 1 fully saturated rings. The second kappa shape index (κ2) is 11.0. The molecular weight excluding hydrogens is 495 g/mol. The zero-order valence-corrected chi connectivity index (χ0v) is 21.4. The van der Waals surface area contributed by atoms with Crippen LogP contribution < -0.4 is 26.6 Å². The average molecular weight is 525 g/mol. The van der Waals surface area contributed by atoms with Gasteiger partial charge in [-0.15, -0.1) is 0 Å². The summed E-state index contributed by atoms with van der Waals surface area (Å²) < 4.78 is 17.8. The number of carbonyl (C=O) groups is 3. The molecule has 0 unspecified atom stereocenters. The van der Waals surface area contributed by atoms with Crippen LogP contribution in [0.25, 0.3) is 0 Å². The molecule has 4 rings (SSSR count). The van der Waals surface area contributed by atoms with Crippen LogP contribution in [0.15, 0.2) is 48.5 Å². The number of nitrogens with one attached hydrogen (secondary N) is 1. The predicted octanol–water partition coefficient (Wildman–Crippen LogP) is 3.48. The molecule has 0 bridgehead atoms. The van der Waals surface area contributed by atoms with Gasteiger partial charge in [0, 0.05) is 31.5 Å². The molecule has 1 aliphatic rings. The molecule has 11 heteroatoms. The first-order valence-electron chi connectivity index (χ1n) is 11.9. The van der Waals surface area contributed by atoms with Crippen molar-refractivity contribution in [2.24, 2.45) is 5.73 Å². The summed E-state index contributed by atoms with van der Waals surface area (Å²) >= 11 is 0.723. The number of hydrogen-bond donors (Lipinski definition) is 3. The highest BCUT2D eigenvalue weighted by Crippen LogP contribution is 2.34. The molecule has 0 spiro atoms. The molecule has 37 heavy (non-hydrogen) atoms. The lowest BCUT2D eigenvalue weighted by molar-refractivity contribution is -0.123. The Morgan fingerprint density at radius 1 is 1.03 bits per heavy atom.